The predicted molar refractivity (Wildman–Crippen MR) is 72.0 cm³/mol. The van der Waals surface area contributed by atoms with Crippen molar-refractivity contribution in [1.82, 2.24) is 9.97 Å². The normalized spacial score (nSPS) is 10.3. The van der Waals surface area contributed by atoms with Crippen molar-refractivity contribution < 1.29 is 14.1 Å². The van der Waals surface area contributed by atoms with E-state index < -0.39 is 16.4 Å². The van der Waals surface area contributed by atoms with Gasteiger partial charge in [0.05, 0.1) is 11.0 Å². The highest BCUT2D eigenvalue weighted by Gasteiger charge is 2.18. The van der Waals surface area contributed by atoms with Gasteiger partial charge in [0.2, 0.25) is 11.6 Å². The monoisotopic (exact) mass is 315 g/mol. The molecule has 104 valence electrons. The van der Waals surface area contributed by atoms with Crippen LogP contribution in [0.25, 0.3) is 0 Å². The van der Waals surface area contributed by atoms with Gasteiger partial charge in [-0.2, -0.15) is 4.98 Å². The Morgan fingerprint density at radius 1 is 1.40 bits per heavy atom. The van der Waals surface area contributed by atoms with Crippen LogP contribution in [0.3, 0.4) is 0 Å². The van der Waals surface area contributed by atoms with Crippen molar-refractivity contribution in [1.29, 1.82) is 0 Å². The first-order chi connectivity index (χ1) is 9.49. The molecule has 0 unspecified atom stereocenters. The van der Waals surface area contributed by atoms with Crippen LogP contribution < -0.4 is 4.74 Å². The van der Waals surface area contributed by atoms with Crippen molar-refractivity contribution >= 4 is 29.1 Å². The molecule has 9 heteroatoms. The Labute approximate surface area is 122 Å². The number of halogens is 2. The number of rotatable bonds is 4. The van der Waals surface area contributed by atoms with Crippen molar-refractivity contribution in [2.45, 2.75) is 5.16 Å². The smallest absolute Gasteiger partial charge is 0.314 e. The molecule has 20 heavy (non-hydrogen) atoms. The van der Waals surface area contributed by atoms with Gasteiger partial charge in [0.15, 0.2) is 5.16 Å². The fraction of sp³-hybridized carbons (Fsp3) is 0.0909. The lowest BCUT2D eigenvalue weighted by atomic mass is 10.3. The summed E-state index contributed by atoms with van der Waals surface area (Å²) in [6, 6.07) is 4.30. The van der Waals surface area contributed by atoms with Crippen molar-refractivity contribution in [3.63, 3.8) is 0 Å². The standard InChI is InChI=1S/C11H7ClFN3O3S/c1-20-11-14-9(12)5-10(15-11)19-8-3-2-6(13)4-7(8)16(17)18/h2-5H,1H3. The first kappa shape index (κ1) is 14.5. The summed E-state index contributed by atoms with van der Waals surface area (Å²) >= 11 is 7.02. The Hall–Kier alpha value is -1.93. The van der Waals surface area contributed by atoms with Gasteiger partial charge in [0.1, 0.15) is 11.0 Å². The second-order valence-electron chi connectivity index (χ2n) is 3.49. The zero-order valence-corrected chi connectivity index (χ0v) is 11.6. The summed E-state index contributed by atoms with van der Waals surface area (Å²) in [5.41, 5.74) is -0.495. The van der Waals surface area contributed by atoms with E-state index in [0.29, 0.717) is 5.16 Å². The zero-order chi connectivity index (χ0) is 14.7. The molecule has 1 heterocycles. The number of ether oxygens (including phenoxy) is 1. The van der Waals surface area contributed by atoms with Crippen molar-refractivity contribution in [3.8, 4) is 11.6 Å². The molecule has 0 saturated heterocycles. The topological polar surface area (TPSA) is 78.2 Å². The van der Waals surface area contributed by atoms with Crippen molar-refractivity contribution in [3.05, 3.63) is 45.4 Å². The third kappa shape index (κ3) is 3.34. The molecule has 0 fully saturated rings. The average molecular weight is 316 g/mol. The Morgan fingerprint density at radius 3 is 2.80 bits per heavy atom. The van der Waals surface area contributed by atoms with Gasteiger partial charge >= 0.3 is 5.69 Å². The SMILES string of the molecule is CSc1nc(Cl)cc(Oc2ccc(F)cc2[N+](=O)[O-])n1. The summed E-state index contributed by atoms with van der Waals surface area (Å²) in [6.07, 6.45) is 1.75. The van der Waals surface area contributed by atoms with Crippen LogP contribution >= 0.6 is 23.4 Å². The molecular formula is C11H7ClFN3O3S. The van der Waals surface area contributed by atoms with E-state index in [2.05, 4.69) is 9.97 Å². The van der Waals surface area contributed by atoms with Crippen LogP contribution in [0.2, 0.25) is 5.15 Å². The van der Waals surface area contributed by atoms with Crippen LogP contribution in [0.4, 0.5) is 10.1 Å². The third-order valence-electron chi connectivity index (χ3n) is 2.17. The number of thioether (sulfide) groups is 1. The highest BCUT2D eigenvalue weighted by molar-refractivity contribution is 7.98. The summed E-state index contributed by atoms with van der Waals surface area (Å²) in [5.74, 6) is -0.808. The summed E-state index contributed by atoms with van der Waals surface area (Å²) in [7, 11) is 0. The number of nitro groups is 1. The second kappa shape index (κ2) is 6.02. The molecule has 0 spiro atoms. The molecule has 0 radical (unpaired) electrons. The van der Waals surface area contributed by atoms with Gasteiger partial charge in [-0.25, -0.2) is 9.37 Å². The van der Waals surface area contributed by atoms with Gasteiger partial charge in [-0.05, 0) is 18.4 Å². The fourth-order valence-electron chi connectivity index (χ4n) is 1.35. The lowest BCUT2D eigenvalue weighted by molar-refractivity contribution is -0.385. The summed E-state index contributed by atoms with van der Waals surface area (Å²) < 4.78 is 18.3. The van der Waals surface area contributed by atoms with Crippen LogP contribution in [0.15, 0.2) is 29.4 Å². The predicted octanol–water partition coefficient (Wildman–Crippen LogP) is 3.69. The second-order valence-corrected chi connectivity index (χ2v) is 4.65. The minimum atomic E-state index is -0.739. The Bertz CT molecular complexity index is 671. The molecule has 0 saturated carbocycles. The van der Waals surface area contributed by atoms with Crippen LogP contribution in [0, 0.1) is 15.9 Å². The quantitative estimate of drug-likeness (QED) is 0.281. The lowest BCUT2D eigenvalue weighted by Gasteiger charge is -2.06. The maximum absolute atomic E-state index is 13.0. The molecular weight excluding hydrogens is 309 g/mol. The van der Waals surface area contributed by atoms with E-state index >= 15 is 0 Å². The molecule has 0 atom stereocenters. The van der Waals surface area contributed by atoms with Crippen LogP contribution in [-0.4, -0.2) is 21.1 Å². The molecule has 2 rings (SSSR count). The van der Waals surface area contributed by atoms with E-state index in [1.807, 2.05) is 0 Å². The maximum atomic E-state index is 13.0. The van der Waals surface area contributed by atoms with E-state index in [0.717, 1.165) is 18.2 Å². The van der Waals surface area contributed by atoms with Gasteiger partial charge in [-0.1, -0.05) is 23.4 Å². The summed E-state index contributed by atoms with van der Waals surface area (Å²) in [5, 5.41) is 11.4. The van der Waals surface area contributed by atoms with Crippen LogP contribution in [0.5, 0.6) is 11.6 Å². The number of nitrogens with zero attached hydrogens (tertiary/aromatic N) is 3. The van der Waals surface area contributed by atoms with E-state index in [4.69, 9.17) is 16.3 Å². The third-order valence-corrected chi connectivity index (χ3v) is 2.91. The molecule has 2 aromatic rings. The van der Waals surface area contributed by atoms with Gasteiger partial charge in [0.25, 0.3) is 0 Å². The summed E-state index contributed by atoms with van der Waals surface area (Å²) in [6.45, 7) is 0. The molecule has 6 nitrogen and oxygen atoms in total. The minimum absolute atomic E-state index is 0.0454. The Morgan fingerprint density at radius 2 is 2.15 bits per heavy atom. The fourth-order valence-corrected chi connectivity index (χ4v) is 1.95. The zero-order valence-electron chi connectivity index (χ0n) is 10.0. The van der Waals surface area contributed by atoms with Crippen molar-refractivity contribution in [2.75, 3.05) is 6.26 Å². The number of hydrogen-bond acceptors (Lipinski definition) is 6. The first-order valence-electron chi connectivity index (χ1n) is 5.20. The van der Waals surface area contributed by atoms with E-state index in [1.54, 1.807) is 6.26 Å². The molecule has 0 aliphatic heterocycles. The van der Waals surface area contributed by atoms with Gasteiger partial charge in [-0.15, -0.1) is 0 Å². The molecule has 0 aliphatic rings. The maximum Gasteiger partial charge on any atom is 0.314 e. The molecule has 1 aromatic carbocycles. The minimum Gasteiger partial charge on any atom is -0.432 e. The largest absolute Gasteiger partial charge is 0.432 e. The van der Waals surface area contributed by atoms with E-state index in [-0.39, 0.29) is 16.8 Å². The van der Waals surface area contributed by atoms with E-state index in [1.165, 1.54) is 17.8 Å². The molecule has 0 aliphatic carbocycles. The summed E-state index contributed by atoms with van der Waals surface area (Å²) in [4.78, 5) is 18.0. The Balaban J connectivity index is 2.39. The van der Waals surface area contributed by atoms with Crippen LogP contribution in [0.1, 0.15) is 0 Å². The first-order valence-corrected chi connectivity index (χ1v) is 6.80. The van der Waals surface area contributed by atoms with Gasteiger partial charge < -0.3 is 4.74 Å². The number of nitro benzene ring substituents is 1. The van der Waals surface area contributed by atoms with Gasteiger partial charge in [0, 0.05) is 6.07 Å². The molecule has 0 amide bonds. The Kier molecular flexibility index (Phi) is 4.35. The number of hydrogen-bond donors (Lipinski definition) is 0. The molecule has 1 aromatic heterocycles. The lowest BCUT2D eigenvalue weighted by Crippen LogP contribution is -1.97. The number of benzene rings is 1. The van der Waals surface area contributed by atoms with E-state index in [9.17, 15) is 14.5 Å². The molecule has 0 bridgehead atoms. The van der Waals surface area contributed by atoms with Crippen LogP contribution in [-0.2, 0) is 0 Å². The molecule has 0 N–H and O–H groups in total. The van der Waals surface area contributed by atoms with Crippen molar-refractivity contribution in [2.24, 2.45) is 0 Å². The number of aromatic nitrogens is 2. The highest BCUT2D eigenvalue weighted by Crippen LogP contribution is 2.32. The average Bonchev–Trinajstić information content (AvgIpc) is 2.40. The van der Waals surface area contributed by atoms with Gasteiger partial charge in [-0.3, -0.25) is 10.1 Å². The highest BCUT2D eigenvalue weighted by atomic mass is 35.5.